The van der Waals surface area contributed by atoms with Crippen LogP contribution in [-0.2, 0) is 12.8 Å². The molecular weight excluding hydrogens is 286 g/mol. The summed E-state index contributed by atoms with van der Waals surface area (Å²) in [4.78, 5) is 25.1. The van der Waals surface area contributed by atoms with E-state index in [-0.39, 0.29) is 5.56 Å². The predicted molar refractivity (Wildman–Crippen MR) is 83.0 cm³/mol. The molecule has 0 saturated heterocycles. The maximum atomic E-state index is 12.3. The first kappa shape index (κ1) is 13.6. The van der Waals surface area contributed by atoms with Gasteiger partial charge in [-0.05, 0) is 18.2 Å². The smallest absolute Gasteiger partial charge is 0.261 e. The quantitative estimate of drug-likeness (QED) is 0.584. The Hall–Kier alpha value is -2.41. The molecule has 0 amide bonds. The van der Waals surface area contributed by atoms with Crippen LogP contribution in [0.1, 0.15) is 5.82 Å². The SMILES string of the molecule is Cn1c(SCc2nccc(N)n2)nc2ccccc2c1=O. The van der Waals surface area contributed by atoms with E-state index < -0.39 is 0 Å². The Kier molecular flexibility index (Phi) is 3.57. The van der Waals surface area contributed by atoms with E-state index in [1.165, 1.54) is 11.8 Å². The standard InChI is InChI=1S/C14H13N5OS/c1-19-13(20)9-4-2-3-5-10(9)17-14(19)21-8-12-16-7-6-11(15)18-12/h2-7H,8H2,1H3,(H2,15,16,18). The summed E-state index contributed by atoms with van der Waals surface area (Å²) in [6.45, 7) is 0. The fourth-order valence-electron chi connectivity index (χ4n) is 1.94. The summed E-state index contributed by atoms with van der Waals surface area (Å²) in [7, 11) is 1.71. The van der Waals surface area contributed by atoms with E-state index in [0.29, 0.717) is 33.5 Å². The lowest BCUT2D eigenvalue weighted by Gasteiger charge is -2.08. The van der Waals surface area contributed by atoms with Crippen LogP contribution in [0.5, 0.6) is 0 Å². The van der Waals surface area contributed by atoms with Gasteiger partial charge in [-0.2, -0.15) is 0 Å². The molecule has 7 heteroatoms. The van der Waals surface area contributed by atoms with Gasteiger partial charge in [-0.15, -0.1) is 0 Å². The van der Waals surface area contributed by atoms with Gasteiger partial charge in [-0.25, -0.2) is 15.0 Å². The highest BCUT2D eigenvalue weighted by atomic mass is 32.2. The molecule has 2 heterocycles. The second-order valence-corrected chi connectivity index (χ2v) is 5.40. The van der Waals surface area contributed by atoms with Crippen molar-refractivity contribution in [3.63, 3.8) is 0 Å². The molecule has 106 valence electrons. The Morgan fingerprint density at radius 3 is 2.86 bits per heavy atom. The summed E-state index contributed by atoms with van der Waals surface area (Å²) >= 11 is 1.41. The van der Waals surface area contributed by atoms with Gasteiger partial charge in [0.05, 0.1) is 16.7 Å². The van der Waals surface area contributed by atoms with Gasteiger partial charge in [0.25, 0.3) is 5.56 Å². The summed E-state index contributed by atoms with van der Waals surface area (Å²) in [5.41, 5.74) is 6.26. The van der Waals surface area contributed by atoms with E-state index in [1.807, 2.05) is 18.2 Å². The number of benzene rings is 1. The maximum absolute atomic E-state index is 12.3. The van der Waals surface area contributed by atoms with Gasteiger partial charge in [-0.3, -0.25) is 9.36 Å². The summed E-state index contributed by atoms with van der Waals surface area (Å²) in [6.07, 6.45) is 1.62. The number of rotatable bonds is 3. The van der Waals surface area contributed by atoms with Gasteiger partial charge in [0.2, 0.25) is 0 Å². The van der Waals surface area contributed by atoms with Gasteiger partial charge in [-0.1, -0.05) is 23.9 Å². The van der Waals surface area contributed by atoms with Crippen molar-refractivity contribution in [1.29, 1.82) is 0 Å². The van der Waals surface area contributed by atoms with E-state index in [9.17, 15) is 4.79 Å². The van der Waals surface area contributed by atoms with Crippen molar-refractivity contribution in [2.45, 2.75) is 10.9 Å². The van der Waals surface area contributed by atoms with Crippen LogP contribution in [0.2, 0.25) is 0 Å². The van der Waals surface area contributed by atoms with E-state index in [0.717, 1.165) is 0 Å². The van der Waals surface area contributed by atoms with E-state index in [2.05, 4.69) is 15.0 Å². The third-order valence-corrected chi connectivity index (χ3v) is 4.03. The summed E-state index contributed by atoms with van der Waals surface area (Å²) < 4.78 is 1.54. The van der Waals surface area contributed by atoms with Crippen LogP contribution < -0.4 is 11.3 Å². The molecule has 0 atom stereocenters. The first-order chi connectivity index (χ1) is 10.1. The van der Waals surface area contributed by atoms with E-state index >= 15 is 0 Å². The molecule has 2 N–H and O–H groups in total. The lowest BCUT2D eigenvalue weighted by atomic mass is 10.2. The number of nitrogens with zero attached hydrogens (tertiary/aromatic N) is 4. The summed E-state index contributed by atoms with van der Waals surface area (Å²) in [6, 6.07) is 8.94. The Balaban J connectivity index is 1.94. The Morgan fingerprint density at radius 2 is 2.05 bits per heavy atom. The molecule has 0 aliphatic heterocycles. The molecule has 6 nitrogen and oxygen atoms in total. The fourth-order valence-corrected chi connectivity index (χ4v) is 2.78. The Morgan fingerprint density at radius 1 is 1.24 bits per heavy atom. The summed E-state index contributed by atoms with van der Waals surface area (Å²) in [5.74, 6) is 1.55. The molecule has 2 aromatic heterocycles. The van der Waals surface area contributed by atoms with E-state index in [4.69, 9.17) is 5.73 Å². The van der Waals surface area contributed by atoms with Gasteiger partial charge >= 0.3 is 0 Å². The molecule has 3 rings (SSSR count). The number of nitrogen functional groups attached to an aromatic ring is 1. The van der Waals surface area contributed by atoms with Crippen LogP contribution in [0.4, 0.5) is 5.82 Å². The molecule has 0 aliphatic carbocycles. The van der Waals surface area contributed by atoms with Gasteiger partial charge in [0, 0.05) is 13.2 Å². The minimum absolute atomic E-state index is 0.0587. The zero-order valence-electron chi connectivity index (χ0n) is 11.4. The van der Waals surface area contributed by atoms with E-state index in [1.54, 1.807) is 29.9 Å². The number of hydrogen-bond donors (Lipinski definition) is 1. The lowest BCUT2D eigenvalue weighted by molar-refractivity contribution is 0.725. The van der Waals surface area contributed by atoms with Crippen molar-refractivity contribution < 1.29 is 0 Å². The highest BCUT2D eigenvalue weighted by Crippen LogP contribution is 2.20. The number of para-hydroxylation sites is 1. The largest absolute Gasteiger partial charge is 0.384 e. The molecule has 0 spiro atoms. The molecular formula is C14H13N5OS. The highest BCUT2D eigenvalue weighted by Gasteiger charge is 2.09. The molecule has 0 saturated carbocycles. The normalized spacial score (nSPS) is 10.9. The predicted octanol–water partition coefficient (Wildman–Crippen LogP) is 1.60. The van der Waals surface area contributed by atoms with Gasteiger partial charge in [0.1, 0.15) is 11.6 Å². The zero-order chi connectivity index (χ0) is 14.8. The topological polar surface area (TPSA) is 86.7 Å². The number of hydrogen-bond acceptors (Lipinski definition) is 6. The van der Waals surface area contributed by atoms with Crippen LogP contribution in [0.15, 0.2) is 46.5 Å². The molecule has 1 aromatic carbocycles. The molecule has 0 aliphatic rings. The summed E-state index contributed by atoms with van der Waals surface area (Å²) in [5, 5.41) is 1.24. The minimum atomic E-state index is -0.0587. The number of thioether (sulfide) groups is 1. The average molecular weight is 299 g/mol. The third-order valence-electron chi connectivity index (χ3n) is 3.00. The average Bonchev–Trinajstić information content (AvgIpc) is 2.50. The van der Waals surface area contributed by atoms with Crippen molar-refractivity contribution in [2.24, 2.45) is 7.05 Å². The second kappa shape index (κ2) is 5.53. The Bertz CT molecular complexity index is 861. The molecule has 0 unspecified atom stereocenters. The monoisotopic (exact) mass is 299 g/mol. The first-order valence-corrected chi connectivity index (χ1v) is 7.29. The van der Waals surface area contributed by atoms with Crippen LogP contribution in [0.3, 0.4) is 0 Å². The van der Waals surface area contributed by atoms with Crippen molar-refractivity contribution in [2.75, 3.05) is 5.73 Å². The molecule has 3 aromatic rings. The van der Waals surface area contributed by atoms with Crippen molar-refractivity contribution in [1.82, 2.24) is 19.5 Å². The molecule has 21 heavy (non-hydrogen) atoms. The first-order valence-electron chi connectivity index (χ1n) is 6.31. The number of fused-ring (bicyclic) bond motifs is 1. The Labute approximate surface area is 125 Å². The highest BCUT2D eigenvalue weighted by molar-refractivity contribution is 7.98. The fraction of sp³-hybridized carbons (Fsp3) is 0.143. The molecule has 0 bridgehead atoms. The van der Waals surface area contributed by atoms with Crippen LogP contribution >= 0.6 is 11.8 Å². The number of aromatic nitrogens is 4. The van der Waals surface area contributed by atoms with Crippen LogP contribution in [0.25, 0.3) is 10.9 Å². The second-order valence-electron chi connectivity index (χ2n) is 4.46. The van der Waals surface area contributed by atoms with Crippen molar-refractivity contribution in [3.05, 3.63) is 52.7 Å². The van der Waals surface area contributed by atoms with Crippen molar-refractivity contribution >= 4 is 28.5 Å². The lowest BCUT2D eigenvalue weighted by Crippen LogP contribution is -2.20. The molecule has 0 radical (unpaired) electrons. The van der Waals surface area contributed by atoms with Gasteiger partial charge in [0.15, 0.2) is 5.16 Å². The van der Waals surface area contributed by atoms with Crippen LogP contribution in [-0.4, -0.2) is 19.5 Å². The third kappa shape index (κ3) is 2.73. The number of anilines is 1. The van der Waals surface area contributed by atoms with Crippen molar-refractivity contribution in [3.8, 4) is 0 Å². The van der Waals surface area contributed by atoms with Crippen LogP contribution in [0, 0.1) is 0 Å². The zero-order valence-corrected chi connectivity index (χ0v) is 12.2. The maximum Gasteiger partial charge on any atom is 0.261 e. The number of nitrogens with two attached hydrogens (primary N) is 1. The van der Waals surface area contributed by atoms with Gasteiger partial charge < -0.3 is 5.73 Å². The molecule has 0 fully saturated rings. The minimum Gasteiger partial charge on any atom is -0.384 e.